The standard InChI is InChI=1S/C25H21F4N3O3/c1-14-7-9-16(22(33)30-13-25(27,28)29)11-20(14)31-23(34)17-10-8-15(2)21(12-17)32-24(35)18-5-3-4-6-19(18)26/h3-12H,13H2,1-2H3,(H,30,33)(H,31,34)(H,32,35). The summed E-state index contributed by atoms with van der Waals surface area (Å²) < 4.78 is 51.0. The molecule has 10 heteroatoms. The molecule has 3 amide bonds. The Morgan fingerprint density at radius 2 is 1.26 bits per heavy atom. The van der Waals surface area contributed by atoms with Crippen LogP contribution in [0.15, 0.2) is 60.7 Å². The largest absolute Gasteiger partial charge is 0.405 e. The second-order valence-corrected chi connectivity index (χ2v) is 7.75. The molecule has 0 fully saturated rings. The molecule has 182 valence electrons. The number of alkyl halides is 3. The lowest BCUT2D eigenvalue weighted by atomic mass is 10.1. The molecule has 0 heterocycles. The molecule has 0 spiro atoms. The van der Waals surface area contributed by atoms with Gasteiger partial charge in [-0.15, -0.1) is 0 Å². The number of nitrogens with one attached hydrogen (secondary N) is 3. The number of anilines is 2. The number of amides is 3. The van der Waals surface area contributed by atoms with Crippen LogP contribution in [0.5, 0.6) is 0 Å². The zero-order chi connectivity index (χ0) is 25.8. The van der Waals surface area contributed by atoms with E-state index >= 15 is 0 Å². The molecular formula is C25H21F4N3O3. The number of hydrogen-bond acceptors (Lipinski definition) is 3. The third kappa shape index (κ3) is 6.66. The molecule has 0 radical (unpaired) electrons. The summed E-state index contributed by atoms with van der Waals surface area (Å²) in [7, 11) is 0. The van der Waals surface area contributed by atoms with Crippen molar-refractivity contribution in [3.63, 3.8) is 0 Å². The van der Waals surface area contributed by atoms with E-state index in [0.29, 0.717) is 16.8 Å². The quantitative estimate of drug-likeness (QED) is 0.416. The van der Waals surface area contributed by atoms with Crippen LogP contribution >= 0.6 is 0 Å². The molecule has 3 aromatic carbocycles. The second kappa shape index (κ2) is 10.4. The third-order valence-electron chi connectivity index (χ3n) is 5.06. The highest BCUT2D eigenvalue weighted by Crippen LogP contribution is 2.22. The first-order valence-corrected chi connectivity index (χ1v) is 10.4. The normalized spacial score (nSPS) is 11.0. The van der Waals surface area contributed by atoms with Crippen LogP contribution in [0.2, 0.25) is 0 Å². The van der Waals surface area contributed by atoms with Gasteiger partial charge < -0.3 is 16.0 Å². The fourth-order valence-electron chi connectivity index (χ4n) is 3.11. The van der Waals surface area contributed by atoms with Crippen molar-refractivity contribution < 1.29 is 31.9 Å². The number of aryl methyl sites for hydroxylation is 2. The third-order valence-corrected chi connectivity index (χ3v) is 5.06. The van der Waals surface area contributed by atoms with E-state index in [4.69, 9.17) is 0 Å². The first-order valence-electron chi connectivity index (χ1n) is 10.4. The molecule has 0 aromatic heterocycles. The fourth-order valence-corrected chi connectivity index (χ4v) is 3.11. The predicted octanol–water partition coefficient (Wildman–Crippen LogP) is 5.24. The Hall–Kier alpha value is -4.21. The van der Waals surface area contributed by atoms with Gasteiger partial charge in [-0.3, -0.25) is 14.4 Å². The van der Waals surface area contributed by atoms with Gasteiger partial charge in [0.1, 0.15) is 12.4 Å². The maximum atomic E-state index is 13.9. The monoisotopic (exact) mass is 487 g/mol. The lowest BCUT2D eigenvalue weighted by molar-refractivity contribution is -0.123. The minimum absolute atomic E-state index is 0.0584. The van der Waals surface area contributed by atoms with E-state index in [9.17, 15) is 31.9 Å². The van der Waals surface area contributed by atoms with E-state index in [-0.39, 0.29) is 22.4 Å². The maximum absolute atomic E-state index is 13.9. The van der Waals surface area contributed by atoms with Crippen molar-refractivity contribution >= 4 is 29.1 Å². The van der Waals surface area contributed by atoms with Crippen molar-refractivity contribution in [2.24, 2.45) is 0 Å². The molecule has 3 N–H and O–H groups in total. The fraction of sp³-hybridized carbons (Fsp3) is 0.160. The molecule has 3 aromatic rings. The minimum atomic E-state index is -4.55. The molecule has 0 saturated carbocycles. The maximum Gasteiger partial charge on any atom is 0.405 e. The van der Waals surface area contributed by atoms with Crippen molar-refractivity contribution in [2.45, 2.75) is 20.0 Å². The van der Waals surface area contributed by atoms with E-state index in [0.717, 1.165) is 6.07 Å². The Labute approximate surface area is 198 Å². The van der Waals surface area contributed by atoms with Crippen LogP contribution in [-0.2, 0) is 0 Å². The summed E-state index contributed by atoms with van der Waals surface area (Å²) in [5, 5.41) is 6.98. The number of carbonyl (C=O) groups is 3. The second-order valence-electron chi connectivity index (χ2n) is 7.75. The van der Waals surface area contributed by atoms with Gasteiger partial charge in [0.25, 0.3) is 17.7 Å². The van der Waals surface area contributed by atoms with Crippen LogP contribution in [0.3, 0.4) is 0 Å². The summed E-state index contributed by atoms with van der Waals surface area (Å²) >= 11 is 0. The molecule has 0 atom stereocenters. The van der Waals surface area contributed by atoms with Gasteiger partial charge in [-0.2, -0.15) is 13.2 Å². The lowest BCUT2D eigenvalue weighted by Gasteiger charge is -2.14. The first kappa shape index (κ1) is 25.4. The average molecular weight is 487 g/mol. The Morgan fingerprint density at radius 1 is 0.743 bits per heavy atom. The van der Waals surface area contributed by atoms with Crippen LogP contribution in [0.1, 0.15) is 42.2 Å². The molecule has 35 heavy (non-hydrogen) atoms. The average Bonchev–Trinajstić information content (AvgIpc) is 2.80. The topological polar surface area (TPSA) is 87.3 Å². The van der Waals surface area contributed by atoms with Gasteiger partial charge in [0.2, 0.25) is 0 Å². The highest BCUT2D eigenvalue weighted by atomic mass is 19.4. The van der Waals surface area contributed by atoms with Crippen LogP contribution in [0.25, 0.3) is 0 Å². The van der Waals surface area contributed by atoms with Gasteiger partial charge in [0.15, 0.2) is 0 Å². The van der Waals surface area contributed by atoms with E-state index in [1.165, 1.54) is 48.5 Å². The predicted molar refractivity (Wildman–Crippen MR) is 123 cm³/mol. The molecule has 0 aliphatic carbocycles. The highest BCUT2D eigenvalue weighted by molar-refractivity contribution is 6.08. The Balaban J connectivity index is 1.77. The Morgan fingerprint density at radius 3 is 1.80 bits per heavy atom. The van der Waals surface area contributed by atoms with E-state index < -0.39 is 36.3 Å². The van der Waals surface area contributed by atoms with Crippen molar-refractivity contribution in [1.82, 2.24) is 5.32 Å². The number of benzene rings is 3. The smallest absolute Gasteiger partial charge is 0.343 e. The van der Waals surface area contributed by atoms with Gasteiger partial charge in [-0.1, -0.05) is 24.3 Å². The van der Waals surface area contributed by atoms with Gasteiger partial charge in [0, 0.05) is 22.5 Å². The molecule has 0 saturated heterocycles. The summed E-state index contributed by atoms with van der Waals surface area (Å²) in [4.78, 5) is 37.4. The van der Waals surface area contributed by atoms with Gasteiger partial charge in [-0.05, 0) is 61.4 Å². The zero-order valence-corrected chi connectivity index (χ0v) is 18.7. The van der Waals surface area contributed by atoms with Crippen LogP contribution in [-0.4, -0.2) is 30.4 Å². The molecule has 6 nitrogen and oxygen atoms in total. The molecule has 0 unspecified atom stereocenters. The number of halogens is 4. The Kier molecular flexibility index (Phi) is 7.53. The van der Waals surface area contributed by atoms with Crippen molar-refractivity contribution in [1.29, 1.82) is 0 Å². The van der Waals surface area contributed by atoms with E-state index in [2.05, 4.69) is 10.6 Å². The SMILES string of the molecule is Cc1ccc(C(=O)NCC(F)(F)F)cc1NC(=O)c1ccc(C)c(NC(=O)c2ccccc2F)c1. The highest BCUT2D eigenvalue weighted by Gasteiger charge is 2.28. The van der Waals surface area contributed by atoms with E-state index in [1.807, 2.05) is 0 Å². The number of rotatable bonds is 6. The number of hydrogen-bond donors (Lipinski definition) is 3. The molecule has 0 bridgehead atoms. The first-order chi connectivity index (χ1) is 16.4. The van der Waals surface area contributed by atoms with Gasteiger partial charge in [-0.25, -0.2) is 4.39 Å². The van der Waals surface area contributed by atoms with Crippen molar-refractivity contribution in [3.05, 3.63) is 94.3 Å². The summed E-state index contributed by atoms with van der Waals surface area (Å²) in [6.07, 6.45) is -4.55. The Bertz CT molecular complexity index is 1290. The minimum Gasteiger partial charge on any atom is -0.343 e. The zero-order valence-electron chi connectivity index (χ0n) is 18.7. The molecular weight excluding hydrogens is 466 g/mol. The summed E-state index contributed by atoms with van der Waals surface area (Å²) in [5.74, 6) is -2.89. The molecule has 0 aliphatic heterocycles. The number of carbonyl (C=O) groups excluding carboxylic acids is 3. The van der Waals surface area contributed by atoms with Gasteiger partial charge >= 0.3 is 6.18 Å². The molecule has 3 rings (SSSR count). The van der Waals surface area contributed by atoms with Crippen molar-refractivity contribution in [3.8, 4) is 0 Å². The van der Waals surface area contributed by atoms with Crippen molar-refractivity contribution in [2.75, 3.05) is 17.2 Å². The van der Waals surface area contributed by atoms with Crippen LogP contribution in [0.4, 0.5) is 28.9 Å². The van der Waals surface area contributed by atoms with E-state index in [1.54, 1.807) is 25.2 Å². The summed E-state index contributed by atoms with van der Waals surface area (Å²) in [5.41, 5.74) is 1.67. The summed E-state index contributed by atoms with van der Waals surface area (Å²) in [6.45, 7) is 1.88. The van der Waals surface area contributed by atoms with Crippen LogP contribution in [0, 0.1) is 19.7 Å². The van der Waals surface area contributed by atoms with Gasteiger partial charge in [0.05, 0.1) is 5.56 Å². The lowest BCUT2D eigenvalue weighted by Crippen LogP contribution is -2.33. The molecule has 0 aliphatic rings. The summed E-state index contributed by atoms with van der Waals surface area (Å²) in [6, 6.07) is 14.1. The van der Waals surface area contributed by atoms with Crippen LogP contribution < -0.4 is 16.0 Å².